The molecule has 16 heavy (non-hydrogen) atoms. The highest BCUT2D eigenvalue weighted by atomic mass is 35.5. The lowest BCUT2D eigenvalue weighted by atomic mass is 10.0. The molecule has 0 aromatic heterocycles. The summed E-state index contributed by atoms with van der Waals surface area (Å²) in [5.41, 5.74) is 2.91. The van der Waals surface area contributed by atoms with Crippen LogP contribution in [0.4, 0.5) is 0 Å². The van der Waals surface area contributed by atoms with E-state index in [1.54, 1.807) is 17.0 Å². The van der Waals surface area contributed by atoms with Crippen molar-refractivity contribution in [3.05, 3.63) is 34.4 Å². The predicted molar refractivity (Wildman–Crippen MR) is 61.8 cm³/mol. The standard InChI is InChI=1S/C12H12ClNO2/c1-3-14-6-9-5-8(11(13)15)4-7(2)10(9)12(14)16/h4-5H,3,6H2,1-2H3. The number of fused-ring (bicyclic) bond motifs is 1. The number of halogens is 1. The van der Waals surface area contributed by atoms with Crippen molar-refractivity contribution < 1.29 is 9.59 Å². The molecule has 4 heteroatoms. The number of hydrogen-bond donors (Lipinski definition) is 0. The van der Waals surface area contributed by atoms with E-state index in [2.05, 4.69) is 0 Å². The van der Waals surface area contributed by atoms with Crippen molar-refractivity contribution in [2.45, 2.75) is 20.4 Å². The number of hydrogen-bond acceptors (Lipinski definition) is 2. The SMILES string of the molecule is CCN1Cc2cc(C(=O)Cl)cc(C)c2C1=O. The van der Waals surface area contributed by atoms with E-state index in [9.17, 15) is 9.59 Å². The zero-order chi connectivity index (χ0) is 11.9. The fraction of sp³-hybridized carbons (Fsp3) is 0.333. The van der Waals surface area contributed by atoms with Gasteiger partial charge in [0.05, 0.1) is 0 Å². The number of rotatable bonds is 2. The Kier molecular flexibility index (Phi) is 2.72. The van der Waals surface area contributed by atoms with Gasteiger partial charge in [-0.3, -0.25) is 9.59 Å². The Hall–Kier alpha value is -1.35. The van der Waals surface area contributed by atoms with Crippen molar-refractivity contribution in [3.8, 4) is 0 Å². The summed E-state index contributed by atoms with van der Waals surface area (Å²) in [6, 6.07) is 3.39. The molecule has 1 heterocycles. The van der Waals surface area contributed by atoms with E-state index >= 15 is 0 Å². The van der Waals surface area contributed by atoms with Crippen LogP contribution in [0.25, 0.3) is 0 Å². The van der Waals surface area contributed by atoms with Crippen molar-refractivity contribution >= 4 is 22.8 Å². The van der Waals surface area contributed by atoms with Crippen LogP contribution in [0.15, 0.2) is 12.1 Å². The van der Waals surface area contributed by atoms with Crippen LogP contribution in [-0.4, -0.2) is 22.6 Å². The van der Waals surface area contributed by atoms with Crippen LogP contribution in [0.2, 0.25) is 0 Å². The summed E-state index contributed by atoms with van der Waals surface area (Å²) in [5, 5.41) is -0.478. The van der Waals surface area contributed by atoms with Crippen LogP contribution in [0.1, 0.15) is 38.8 Å². The molecule has 1 aliphatic rings. The fourth-order valence-corrected chi connectivity index (χ4v) is 2.20. The second kappa shape index (κ2) is 3.91. The molecule has 0 spiro atoms. The summed E-state index contributed by atoms with van der Waals surface area (Å²) in [5.74, 6) is 0.0450. The highest BCUT2D eigenvalue weighted by Gasteiger charge is 2.28. The van der Waals surface area contributed by atoms with Crippen molar-refractivity contribution in [3.63, 3.8) is 0 Å². The van der Waals surface area contributed by atoms with Crippen molar-refractivity contribution in [1.82, 2.24) is 4.90 Å². The largest absolute Gasteiger partial charge is 0.335 e. The monoisotopic (exact) mass is 237 g/mol. The number of nitrogens with zero attached hydrogens (tertiary/aromatic N) is 1. The number of carbonyl (C=O) groups excluding carboxylic acids is 2. The molecular weight excluding hydrogens is 226 g/mol. The van der Waals surface area contributed by atoms with Crippen molar-refractivity contribution in [2.24, 2.45) is 0 Å². The number of aryl methyl sites for hydroxylation is 1. The Morgan fingerprint density at radius 1 is 1.50 bits per heavy atom. The first-order valence-corrected chi connectivity index (χ1v) is 5.55. The average molecular weight is 238 g/mol. The van der Waals surface area contributed by atoms with Gasteiger partial charge < -0.3 is 4.90 Å². The van der Waals surface area contributed by atoms with Gasteiger partial charge in [0.2, 0.25) is 0 Å². The zero-order valence-electron chi connectivity index (χ0n) is 9.21. The van der Waals surface area contributed by atoms with Gasteiger partial charge in [-0.05, 0) is 48.7 Å². The Bertz CT molecular complexity index is 482. The average Bonchev–Trinajstić information content (AvgIpc) is 2.55. The molecule has 0 fully saturated rings. The summed E-state index contributed by atoms with van der Waals surface area (Å²) in [7, 11) is 0. The minimum atomic E-state index is -0.478. The molecule has 2 rings (SSSR count). The van der Waals surface area contributed by atoms with Gasteiger partial charge in [-0.1, -0.05) is 0 Å². The van der Waals surface area contributed by atoms with E-state index in [0.717, 1.165) is 16.7 Å². The fourth-order valence-electron chi connectivity index (χ4n) is 2.10. The second-order valence-electron chi connectivity index (χ2n) is 3.92. The van der Waals surface area contributed by atoms with E-state index in [0.29, 0.717) is 18.7 Å². The molecule has 3 nitrogen and oxygen atoms in total. The summed E-state index contributed by atoms with van der Waals surface area (Å²) < 4.78 is 0. The van der Waals surface area contributed by atoms with E-state index in [1.807, 2.05) is 13.8 Å². The van der Waals surface area contributed by atoms with Crippen molar-refractivity contribution in [2.75, 3.05) is 6.54 Å². The van der Waals surface area contributed by atoms with Crippen LogP contribution < -0.4 is 0 Å². The summed E-state index contributed by atoms with van der Waals surface area (Å²) in [6.07, 6.45) is 0. The quantitative estimate of drug-likeness (QED) is 0.741. The molecular formula is C12H12ClNO2. The molecule has 84 valence electrons. The first-order valence-electron chi connectivity index (χ1n) is 5.17. The third-order valence-electron chi connectivity index (χ3n) is 2.89. The van der Waals surface area contributed by atoms with Gasteiger partial charge in [-0.2, -0.15) is 0 Å². The lowest BCUT2D eigenvalue weighted by Crippen LogP contribution is -2.23. The maximum atomic E-state index is 11.9. The molecule has 1 aliphatic heterocycles. The number of amides is 1. The molecule has 0 bridgehead atoms. The minimum Gasteiger partial charge on any atom is -0.335 e. The summed E-state index contributed by atoms with van der Waals surface area (Å²) in [4.78, 5) is 24.8. The molecule has 0 radical (unpaired) electrons. The van der Waals surface area contributed by atoms with Gasteiger partial charge >= 0.3 is 0 Å². The zero-order valence-corrected chi connectivity index (χ0v) is 9.97. The van der Waals surface area contributed by atoms with Gasteiger partial charge in [0.15, 0.2) is 0 Å². The minimum absolute atomic E-state index is 0.0450. The molecule has 0 atom stereocenters. The summed E-state index contributed by atoms with van der Waals surface area (Å²) in [6.45, 7) is 5.02. The van der Waals surface area contributed by atoms with Gasteiger partial charge in [0, 0.05) is 24.2 Å². The van der Waals surface area contributed by atoms with Crippen molar-refractivity contribution in [1.29, 1.82) is 0 Å². The molecule has 0 unspecified atom stereocenters. The molecule has 0 aliphatic carbocycles. The molecule has 1 aromatic carbocycles. The Labute approximate surface area is 99.0 Å². The van der Waals surface area contributed by atoms with Gasteiger partial charge in [-0.25, -0.2) is 0 Å². The predicted octanol–water partition coefficient (Wildman–Crippen LogP) is 2.35. The lowest BCUT2D eigenvalue weighted by molar-refractivity contribution is 0.0786. The summed E-state index contributed by atoms with van der Waals surface area (Å²) >= 11 is 5.45. The maximum Gasteiger partial charge on any atom is 0.254 e. The molecule has 1 aromatic rings. The first-order chi connectivity index (χ1) is 7.54. The Morgan fingerprint density at radius 2 is 2.19 bits per heavy atom. The highest BCUT2D eigenvalue weighted by molar-refractivity contribution is 6.67. The Balaban J connectivity index is 2.54. The molecule has 0 N–H and O–H groups in total. The van der Waals surface area contributed by atoms with Gasteiger partial charge in [0.1, 0.15) is 0 Å². The molecule has 1 amide bonds. The molecule has 0 saturated carbocycles. The first kappa shape index (κ1) is 11.1. The van der Waals surface area contributed by atoms with E-state index < -0.39 is 5.24 Å². The van der Waals surface area contributed by atoms with E-state index in [1.165, 1.54) is 0 Å². The smallest absolute Gasteiger partial charge is 0.254 e. The third kappa shape index (κ3) is 1.61. The van der Waals surface area contributed by atoms with Crippen LogP contribution in [0.5, 0.6) is 0 Å². The van der Waals surface area contributed by atoms with Crippen LogP contribution in [0.3, 0.4) is 0 Å². The highest BCUT2D eigenvalue weighted by Crippen LogP contribution is 2.27. The Morgan fingerprint density at radius 3 is 2.75 bits per heavy atom. The normalized spacial score (nSPS) is 14.2. The van der Waals surface area contributed by atoms with Gasteiger partial charge in [-0.15, -0.1) is 0 Å². The van der Waals surface area contributed by atoms with Crippen LogP contribution in [0, 0.1) is 6.92 Å². The number of benzene rings is 1. The van der Waals surface area contributed by atoms with E-state index in [4.69, 9.17) is 11.6 Å². The number of carbonyl (C=O) groups is 2. The second-order valence-corrected chi connectivity index (χ2v) is 4.26. The van der Waals surface area contributed by atoms with Crippen LogP contribution in [-0.2, 0) is 6.54 Å². The maximum absolute atomic E-state index is 11.9. The third-order valence-corrected chi connectivity index (χ3v) is 3.11. The van der Waals surface area contributed by atoms with Crippen LogP contribution >= 0.6 is 11.6 Å². The van der Waals surface area contributed by atoms with E-state index in [-0.39, 0.29) is 5.91 Å². The molecule has 0 saturated heterocycles. The topological polar surface area (TPSA) is 37.4 Å². The van der Waals surface area contributed by atoms with Gasteiger partial charge in [0.25, 0.3) is 11.1 Å². The lowest BCUT2D eigenvalue weighted by Gasteiger charge is -2.11.